The number of carboxylic acid groups (broad SMARTS) is 1. The Labute approximate surface area is 90.3 Å². The second-order valence-electron chi connectivity index (χ2n) is 4.14. The fraction of sp³-hybridized carbons (Fsp3) is 0.417. The van der Waals surface area contributed by atoms with Gasteiger partial charge in [0.2, 0.25) is 0 Å². The zero-order valence-corrected chi connectivity index (χ0v) is 9.40. The van der Waals surface area contributed by atoms with E-state index in [1.54, 1.807) is 25.9 Å². The van der Waals surface area contributed by atoms with Crippen LogP contribution in [0.25, 0.3) is 0 Å². The molecule has 0 amide bonds. The van der Waals surface area contributed by atoms with Gasteiger partial charge in [-0.3, -0.25) is 9.69 Å². The Bertz CT molecular complexity index is 335. The number of aliphatic carboxylic acids is 1. The van der Waals surface area contributed by atoms with Gasteiger partial charge in [0.1, 0.15) is 5.54 Å². The highest BCUT2D eigenvalue weighted by Gasteiger charge is 2.35. The quantitative estimate of drug-likeness (QED) is 0.815. The van der Waals surface area contributed by atoms with Gasteiger partial charge < -0.3 is 5.11 Å². The van der Waals surface area contributed by atoms with Crippen molar-refractivity contribution in [3.8, 4) is 0 Å². The SMILES string of the molecule is CN(C)[C@@](C)(Cc1ccccc1)C(=O)O. The molecular formula is C12H17NO2. The highest BCUT2D eigenvalue weighted by Crippen LogP contribution is 2.18. The van der Waals surface area contributed by atoms with Crippen molar-refractivity contribution >= 4 is 5.97 Å². The molecule has 1 N–H and O–H groups in total. The summed E-state index contributed by atoms with van der Waals surface area (Å²) in [7, 11) is 3.58. The van der Waals surface area contributed by atoms with Gasteiger partial charge in [0.05, 0.1) is 0 Å². The zero-order chi connectivity index (χ0) is 11.5. The van der Waals surface area contributed by atoms with Crippen molar-refractivity contribution in [3.05, 3.63) is 35.9 Å². The van der Waals surface area contributed by atoms with Crippen molar-refractivity contribution in [2.24, 2.45) is 0 Å². The lowest BCUT2D eigenvalue weighted by molar-refractivity contribution is -0.148. The van der Waals surface area contributed by atoms with Crippen molar-refractivity contribution in [2.75, 3.05) is 14.1 Å². The maximum absolute atomic E-state index is 11.2. The van der Waals surface area contributed by atoms with Crippen LogP contribution >= 0.6 is 0 Å². The molecule has 0 saturated heterocycles. The molecule has 0 aliphatic heterocycles. The Hall–Kier alpha value is -1.35. The van der Waals surface area contributed by atoms with E-state index < -0.39 is 11.5 Å². The molecule has 0 saturated carbocycles. The van der Waals surface area contributed by atoms with E-state index in [9.17, 15) is 9.90 Å². The van der Waals surface area contributed by atoms with Crippen LogP contribution in [0.1, 0.15) is 12.5 Å². The average molecular weight is 207 g/mol. The van der Waals surface area contributed by atoms with Crippen molar-refractivity contribution in [1.29, 1.82) is 0 Å². The zero-order valence-electron chi connectivity index (χ0n) is 9.40. The molecule has 1 atom stereocenters. The maximum Gasteiger partial charge on any atom is 0.324 e. The number of hydrogen-bond donors (Lipinski definition) is 1. The van der Waals surface area contributed by atoms with E-state index in [4.69, 9.17) is 0 Å². The molecule has 1 aromatic rings. The second-order valence-corrected chi connectivity index (χ2v) is 4.14. The Balaban J connectivity index is 2.90. The number of rotatable bonds is 4. The van der Waals surface area contributed by atoms with Gasteiger partial charge in [0.25, 0.3) is 0 Å². The second kappa shape index (κ2) is 4.45. The van der Waals surface area contributed by atoms with E-state index in [1.165, 1.54) is 0 Å². The van der Waals surface area contributed by atoms with Crippen molar-refractivity contribution < 1.29 is 9.90 Å². The number of nitrogens with zero attached hydrogens (tertiary/aromatic N) is 1. The molecule has 0 radical (unpaired) electrons. The van der Waals surface area contributed by atoms with E-state index in [-0.39, 0.29) is 0 Å². The van der Waals surface area contributed by atoms with E-state index in [2.05, 4.69) is 0 Å². The van der Waals surface area contributed by atoms with Crippen LogP contribution in [0.15, 0.2) is 30.3 Å². The summed E-state index contributed by atoms with van der Waals surface area (Å²) in [5, 5.41) is 9.22. The molecule has 1 aromatic carbocycles. The summed E-state index contributed by atoms with van der Waals surface area (Å²) in [5.74, 6) is -0.795. The van der Waals surface area contributed by atoms with Crippen LogP contribution in [-0.4, -0.2) is 35.6 Å². The van der Waals surface area contributed by atoms with Crippen LogP contribution in [-0.2, 0) is 11.2 Å². The fourth-order valence-electron chi connectivity index (χ4n) is 1.42. The molecule has 3 nitrogen and oxygen atoms in total. The standard InChI is InChI=1S/C12H17NO2/c1-12(11(14)15,13(2)3)9-10-7-5-4-6-8-10/h4-8H,9H2,1-3H3,(H,14,15)/t12-/m0/s1. The summed E-state index contributed by atoms with van der Waals surface area (Å²) in [6.07, 6.45) is 0.510. The third-order valence-corrected chi connectivity index (χ3v) is 2.84. The summed E-state index contributed by atoms with van der Waals surface area (Å²) in [4.78, 5) is 13.0. The Morgan fingerprint density at radius 3 is 2.27 bits per heavy atom. The van der Waals surface area contributed by atoms with Crippen LogP contribution in [0.4, 0.5) is 0 Å². The predicted molar refractivity (Wildman–Crippen MR) is 59.9 cm³/mol. The third-order valence-electron chi connectivity index (χ3n) is 2.84. The molecule has 0 bridgehead atoms. The molecule has 0 aliphatic rings. The molecule has 15 heavy (non-hydrogen) atoms. The number of hydrogen-bond acceptors (Lipinski definition) is 2. The van der Waals surface area contributed by atoms with E-state index in [1.807, 2.05) is 30.3 Å². The molecule has 0 spiro atoms. The summed E-state index contributed by atoms with van der Waals surface area (Å²) in [5.41, 5.74) is 0.192. The predicted octanol–water partition coefficient (Wildman–Crippen LogP) is 1.63. The topological polar surface area (TPSA) is 40.5 Å². The smallest absolute Gasteiger partial charge is 0.324 e. The van der Waals surface area contributed by atoms with Crippen molar-refractivity contribution in [1.82, 2.24) is 4.90 Å². The number of likely N-dealkylation sites (N-methyl/N-ethyl adjacent to an activating group) is 1. The summed E-state index contributed by atoms with van der Waals surface area (Å²) in [6.45, 7) is 1.74. The molecule has 0 aliphatic carbocycles. The van der Waals surface area contributed by atoms with E-state index >= 15 is 0 Å². The highest BCUT2D eigenvalue weighted by atomic mass is 16.4. The summed E-state index contributed by atoms with van der Waals surface area (Å²) < 4.78 is 0. The summed E-state index contributed by atoms with van der Waals surface area (Å²) in [6, 6.07) is 9.67. The number of benzene rings is 1. The van der Waals surface area contributed by atoms with Gasteiger partial charge in [-0.2, -0.15) is 0 Å². The molecular weight excluding hydrogens is 190 g/mol. The molecule has 3 heteroatoms. The third kappa shape index (κ3) is 2.57. The first-order valence-corrected chi connectivity index (χ1v) is 4.91. The monoisotopic (exact) mass is 207 g/mol. The van der Waals surface area contributed by atoms with Crippen LogP contribution in [0, 0.1) is 0 Å². The average Bonchev–Trinajstić information content (AvgIpc) is 2.18. The molecule has 82 valence electrons. The summed E-state index contributed by atoms with van der Waals surface area (Å²) >= 11 is 0. The van der Waals surface area contributed by atoms with Gasteiger partial charge >= 0.3 is 5.97 Å². The Kier molecular flexibility index (Phi) is 3.48. The van der Waals surface area contributed by atoms with E-state index in [0.29, 0.717) is 6.42 Å². The van der Waals surface area contributed by atoms with Gasteiger partial charge in [-0.1, -0.05) is 30.3 Å². The lowest BCUT2D eigenvalue weighted by Crippen LogP contribution is -2.50. The highest BCUT2D eigenvalue weighted by molar-refractivity contribution is 5.78. The molecule has 0 heterocycles. The minimum absolute atomic E-state index is 0.510. The van der Waals surface area contributed by atoms with Gasteiger partial charge in [-0.15, -0.1) is 0 Å². The molecule has 1 rings (SSSR count). The fourth-order valence-corrected chi connectivity index (χ4v) is 1.42. The molecule has 0 fully saturated rings. The first-order valence-electron chi connectivity index (χ1n) is 4.91. The van der Waals surface area contributed by atoms with Gasteiger partial charge in [-0.25, -0.2) is 0 Å². The lowest BCUT2D eigenvalue weighted by atomic mass is 9.92. The number of carbonyl (C=O) groups is 1. The maximum atomic E-state index is 11.2. The van der Waals surface area contributed by atoms with Gasteiger partial charge in [0.15, 0.2) is 0 Å². The Morgan fingerprint density at radius 1 is 1.33 bits per heavy atom. The minimum atomic E-state index is -0.846. The van der Waals surface area contributed by atoms with Crippen LogP contribution in [0.3, 0.4) is 0 Å². The minimum Gasteiger partial charge on any atom is -0.480 e. The van der Waals surface area contributed by atoms with Crippen molar-refractivity contribution in [2.45, 2.75) is 18.9 Å². The first kappa shape index (κ1) is 11.7. The largest absolute Gasteiger partial charge is 0.480 e. The lowest BCUT2D eigenvalue weighted by Gasteiger charge is -2.32. The van der Waals surface area contributed by atoms with Gasteiger partial charge in [0, 0.05) is 6.42 Å². The molecule has 0 unspecified atom stereocenters. The first-order chi connectivity index (χ1) is 6.97. The van der Waals surface area contributed by atoms with Gasteiger partial charge in [-0.05, 0) is 26.6 Å². The van der Waals surface area contributed by atoms with Crippen LogP contribution in [0.5, 0.6) is 0 Å². The van der Waals surface area contributed by atoms with Crippen LogP contribution in [0.2, 0.25) is 0 Å². The number of carboxylic acids is 1. The van der Waals surface area contributed by atoms with E-state index in [0.717, 1.165) is 5.56 Å². The normalized spacial score (nSPS) is 14.9. The Morgan fingerprint density at radius 2 is 1.87 bits per heavy atom. The molecule has 0 aromatic heterocycles. The van der Waals surface area contributed by atoms with Crippen molar-refractivity contribution in [3.63, 3.8) is 0 Å². The van der Waals surface area contributed by atoms with Crippen LogP contribution < -0.4 is 0 Å².